The third kappa shape index (κ3) is 4.56. The fourth-order valence-corrected chi connectivity index (χ4v) is 2.66. The number of aromatic nitrogens is 2. The molecule has 0 unspecified atom stereocenters. The van der Waals surface area contributed by atoms with E-state index in [1.54, 1.807) is 18.5 Å². The highest BCUT2D eigenvalue weighted by Crippen LogP contribution is 2.22. The number of carbonyl (C=O) groups excluding carboxylic acids is 1. The minimum absolute atomic E-state index is 0.0475. The molecule has 0 bridgehead atoms. The van der Waals surface area contributed by atoms with Gasteiger partial charge in [-0.3, -0.25) is 4.79 Å². The number of hydrogen-bond donors (Lipinski definition) is 1. The van der Waals surface area contributed by atoms with Crippen molar-refractivity contribution >= 4 is 23.4 Å². The van der Waals surface area contributed by atoms with Crippen molar-refractivity contribution in [2.24, 2.45) is 0 Å². The van der Waals surface area contributed by atoms with Gasteiger partial charge >= 0.3 is 0 Å². The van der Waals surface area contributed by atoms with E-state index in [1.165, 1.54) is 17.3 Å². The fourth-order valence-electron chi connectivity index (χ4n) is 1.93. The second-order valence-corrected chi connectivity index (χ2v) is 6.52. The standard InChI is InChI=1S/C17H21N3OS/c1-4-12(2)14-6-8-15(9-7-14)20-16(21)13(3)22-17-18-10-5-11-19-17/h5-13H,4H2,1-3H3,(H,20,21)/t12-,13+/m1/s1. The number of carbonyl (C=O) groups is 1. The van der Waals surface area contributed by atoms with Gasteiger partial charge < -0.3 is 5.32 Å². The molecule has 0 saturated heterocycles. The predicted octanol–water partition coefficient (Wildman–Crippen LogP) is 4.11. The van der Waals surface area contributed by atoms with Crippen molar-refractivity contribution in [3.05, 3.63) is 48.3 Å². The number of benzene rings is 1. The highest BCUT2D eigenvalue weighted by Gasteiger charge is 2.16. The maximum atomic E-state index is 12.2. The average molecular weight is 315 g/mol. The Labute approximate surface area is 135 Å². The van der Waals surface area contributed by atoms with E-state index >= 15 is 0 Å². The zero-order valence-corrected chi connectivity index (χ0v) is 13.9. The summed E-state index contributed by atoms with van der Waals surface area (Å²) in [6.07, 6.45) is 4.46. The second kappa shape index (κ2) is 7.94. The van der Waals surface area contributed by atoms with Crippen LogP contribution in [0.5, 0.6) is 0 Å². The van der Waals surface area contributed by atoms with Crippen molar-refractivity contribution in [1.29, 1.82) is 0 Å². The van der Waals surface area contributed by atoms with E-state index in [9.17, 15) is 4.79 Å². The minimum atomic E-state index is -0.253. The molecule has 0 aliphatic rings. The van der Waals surface area contributed by atoms with Crippen LogP contribution in [-0.2, 0) is 4.79 Å². The molecule has 0 spiro atoms. The fraction of sp³-hybridized carbons (Fsp3) is 0.353. The van der Waals surface area contributed by atoms with E-state index < -0.39 is 0 Å². The van der Waals surface area contributed by atoms with Crippen LogP contribution >= 0.6 is 11.8 Å². The normalized spacial score (nSPS) is 13.4. The van der Waals surface area contributed by atoms with Crippen LogP contribution in [0, 0.1) is 0 Å². The molecule has 5 heteroatoms. The molecule has 2 atom stereocenters. The topological polar surface area (TPSA) is 54.9 Å². The lowest BCUT2D eigenvalue weighted by Crippen LogP contribution is -2.22. The van der Waals surface area contributed by atoms with Crippen molar-refractivity contribution in [3.8, 4) is 0 Å². The molecule has 0 aliphatic carbocycles. The first kappa shape index (κ1) is 16.5. The summed E-state index contributed by atoms with van der Waals surface area (Å²) in [6.45, 7) is 6.22. The zero-order chi connectivity index (χ0) is 15.9. The lowest BCUT2D eigenvalue weighted by molar-refractivity contribution is -0.115. The van der Waals surface area contributed by atoms with Crippen molar-refractivity contribution < 1.29 is 4.79 Å². The lowest BCUT2D eigenvalue weighted by Gasteiger charge is -2.13. The highest BCUT2D eigenvalue weighted by atomic mass is 32.2. The van der Waals surface area contributed by atoms with Gasteiger partial charge in [-0.25, -0.2) is 9.97 Å². The van der Waals surface area contributed by atoms with Gasteiger partial charge in [0.25, 0.3) is 0 Å². The van der Waals surface area contributed by atoms with Gasteiger partial charge in [0, 0.05) is 18.1 Å². The third-order valence-electron chi connectivity index (χ3n) is 3.55. The summed E-state index contributed by atoms with van der Waals surface area (Å²) >= 11 is 1.35. The van der Waals surface area contributed by atoms with Crippen LogP contribution in [0.2, 0.25) is 0 Å². The summed E-state index contributed by atoms with van der Waals surface area (Å²) < 4.78 is 0. The molecule has 1 aromatic carbocycles. The van der Waals surface area contributed by atoms with Crippen molar-refractivity contribution in [2.45, 2.75) is 43.5 Å². The Hall–Kier alpha value is -1.88. The number of anilines is 1. The number of amides is 1. The largest absolute Gasteiger partial charge is 0.325 e. The highest BCUT2D eigenvalue weighted by molar-refractivity contribution is 8.00. The first-order valence-corrected chi connectivity index (χ1v) is 8.32. The quantitative estimate of drug-likeness (QED) is 0.644. The van der Waals surface area contributed by atoms with E-state index in [4.69, 9.17) is 0 Å². The Morgan fingerprint density at radius 2 is 1.82 bits per heavy atom. The number of nitrogens with zero attached hydrogens (tertiary/aromatic N) is 2. The van der Waals surface area contributed by atoms with Crippen molar-refractivity contribution in [2.75, 3.05) is 5.32 Å². The maximum Gasteiger partial charge on any atom is 0.237 e. The molecule has 1 amide bonds. The summed E-state index contributed by atoms with van der Waals surface area (Å²) in [4.78, 5) is 20.4. The van der Waals surface area contributed by atoms with Gasteiger partial charge in [0.05, 0.1) is 5.25 Å². The van der Waals surface area contributed by atoms with Gasteiger partial charge in [-0.1, -0.05) is 37.7 Å². The van der Waals surface area contributed by atoms with Gasteiger partial charge in [-0.05, 0) is 43.0 Å². The molecule has 22 heavy (non-hydrogen) atoms. The van der Waals surface area contributed by atoms with Gasteiger partial charge in [-0.15, -0.1) is 0 Å². The van der Waals surface area contributed by atoms with E-state index in [0.717, 1.165) is 12.1 Å². The molecule has 4 nitrogen and oxygen atoms in total. The Kier molecular flexibility index (Phi) is 5.95. The van der Waals surface area contributed by atoms with E-state index in [1.807, 2.05) is 19.1 Å². The van der Waals surface area contributed by atoms with Gasteiger partial charge in [0.2, 0.25) is 5.91 Å². The molecule has 1 heterocycles. The van der Waals surface area contributed by atoms with E-state index in [0.29, 0.717) is 11.1 Å². The molecule has 1 N–H and O–H groups in total. The van der Waals surface area contributed by atoms with E-state index in [-0.39, 0.29) is 11.2 Å². The number of thioether (sulfide) groups is 1. The molecule has 1 aromatic heterocycles. The third-order valence-corrected chi connectivity index (χ3v) is 4.54. The maximum absolute atomic E-state index is 12.2. The number of nitrogens with one attached hydrogen (secondary N) is 1. The molecule has 2 aromatic rings. The van der Waals surface area contributed by atoms with Crippen LogP contribution in [-0.4, -0.2) is 21.1 Å². The summed E-state index contributed by atoms with van der Waals surface area (Å²) in [6, 6.07) is 9.81. The van der Waals surface area contributed by atoms with Crippen LogP contribution in [0.15, 0.2) is 47.9 Å². The van der Waals surface area contributed by atoms with E-state index in [2.05, 4.69) is 41.3 Å². The molecular formula is C17H21N3OS. The smallest absolute Gasteiger partial charge is 0.237 e. The first-order chi connectivity index (χ1) is 10.6. The average Bonchev–Trinajstić information content (AvgIpc) is 2.55. The summed E-state index contributed by atoms with van der Waals surface area (Å²) in [7, 11) is 0. The first-order valence-electron chi connectivity index (χ1n) is 7.44. The minimum Gasteiger partial charge on any atom is -0.325 e. The summed E-state index contributed by atoms with van der Waals surface area (Å²) in [5.41, 5.74) is 2.11. The Morgan fingerprint density at radius 1 is 1.18 bits per heavy atom. The summed E-state index contributed by atoms with van der Waals surface area (Å²) in [5, 5.41) is 3.29. The summed E-state index contributed by atoms with van der Waals surface area (Å²) in [5.74, 6) is 0.489. The molecule has 0 aliphatic heterocycles. The van der Waals surface area contributed by atoms with Crippen LogP contribution in [0.3, 0.4) is 0 Å². The molecule has 0 fully saturated rings. The van der Waals surface area contributed by atoms with Crippen LogP contribution in [0.25, 0.3) is 0 Å². The van der Waals surface area contributed by atoms with Gasteiger partial charge in [0.1, 0.15) is 0 Å². The molecule has 0 radical (unpaired) electrons. The Balaban J connectivity index is 1.93. The molecule has 0 saturated carbocycles. The Bertz CT molecular complexity index is 601. The van der Waals surface area contributed by atoms with Crippen LogP contribution in [0.4, 0.5) is 5.69 Å². The van der Waals surface area contributed by atoms with Crippen molar-refractivity contribution in [1.82, 2.24) is 9.97 Å². The molecule has 2 rings (SSSR count). The second-order valence-electron chi connectivity index (χ2n) is 5.21. The van der Waals surface area contributed by atoms with Gasteiger partial charge in [0.15, 0.2) is 5.16 Å². The predicted molar refractivity (Wildman–Crippen MR) is 91.1 cm³/mol. The molecule has 116 valence electrons. The number of hydrogen-bond acceptors (Lipinski definition) is 4. The lowest BCUT2D eigenvalue weighted by atomic mass is 9.99. The van der Waals surface area contributed by atoms with Crippen LogP contribution < -0.4 is 5.32 Å². The monoisotopic (exact) mass is 315 g/mol. The zero-order valence-electron chi connectivity index (χ0n) is 13.1. The molecular weight excluding hydrogens is 294 g/mol. The number of rotatable bonds is 6. The van der Waals surface area contributed by atoms with Crippen molar-refractivity contribution in [3.63, 3.8) is 0 Å². The SMILES string of the molecule is CC[C@@H](C)c1ccc(NC(=O)[C@H](C)Sc2ncccn2)cc1. The Morgan fingerprint density at radius 3 is 2.41 bits per heavy atom. The van der Waals surface area contributed by atoms with Gasteiger partial charge in [-0.2, -0.15) is 0 Å². The van der Waals surface area contributed by atoms with Crippen LogP contribution in [0.1, 0.15) is 38.7 Å².